The first kappa shape index (κ1) is 31.9. The van der Waals surface area contributed by atoms with E-state index in [0.717, 1.165) is 43.8 Å². The van der Waals surface area contributed by atoms with Crippen LogP contribution in [0.2, 0.25) is 0 Å². The van der Waals surface area contributed by atoms with Gasteiger partial charge in [0.1, 0.15) is 0 Å². The van der Waals surface area contributed by atoms with Crippen LogP contribution < -0.4 is 0 Å². The Labute approximate surface area is 331 Å². The zero-order chi connectivity index (χ0) is 37.5. The summed E-state index contributed by atoms with van der Waals surface area (Å²) in [4.78, 5) is 15.5. The van der Waals surface area contributed by atoms with Crippen LogP contribution in [0.5, 0.6) is 0 Å². The quantitative estimate of drug-likeness (QED) is 0.176. The summed E-state index contributed by atoms with van der Waals surface area (Å²) in [6, 6.07) is 66.7. The normalized spacial score (nSPS) is 11.9. The second kappa shape index (κ2) is 12.6. The van der Waals surface area contributed by atoms with E-state index < -0.39 is 0 Å². The average molecular weight is 746 g/mol. The third-order valence-corrected chi connectivity index (χ3v) is 12.4. The van der Waals surface area contributed by atoms with E-state index in [0.29, 0.717) is 17.5 Å². The van der Waals surface area contributed by atoms with Gasteiger partial charge in [-0.05, 0) is 54.6 Å². The predicted molar refractivity (Wildman–Crippen MR) is 238 cm³/mol. The van der Waals surface area contributed by atoms with Crippen molar-refractivity contribution in [1.29, 1.82) is 0 Å². The van der Waals surface area contributed by atoms with Crippen molar-refractivity contribution in [2.45, 2.75) is 0 Å². The van der Waals surface area contributed by atoms with Gasteiger partial charge in [0.25, 0.3) is 0 Å². The molecule has 12 aromatic rings. The summed E-state index contributed by atoms with van der Waals surface area (Å²) in [7, 11) is 0. The van der Waals surface area contributed by atoms with Crippen LogP contribution in [0.15, 0.2) is 188 Å². The Kier molecular flexibility index (Phi) is 7.03. The topological polar surface area (TPSA) is 48.5 Å². The Morgan fingerprint density at radius 2 is 0.807 bits per heavy atom. The highest BCUT2D eigenvalue weighted by atomic mass is 32.1. The SMILES string of the molecule is c1ccc(-c2nc(-c3ccccc3)nc(-c3cc(-n4c5ccccc5c5cc6c(cc54)c4ccccc4n6-c4ccccc4)cc4c3sc3ccccc34)n2)cc1. The van der Waals surface area contributed by atoms with Gasteiger partial charge >= 0.3 is 0 Å². The van der Waals surface area contributed by atoms with Gasteiger partial charge in [-0.1, -0.05) is 133 Å². The van der Waals surface area contributed by atoms with E-state index in [1.54, 1.807) is 11.3 Å². The van der Waals surface area contributed by atoms with Crippen LogP contribution in [0.25, 0.3) is 109 Å². The number of thiophene rings is 1. The molecule has 0 saturated heterocycles. The molecule has 0 aliphatic heterocycles. The van der Waals surface area contributed by atoms with E-state index in [9.17, 15) is 0 Å². The van der Waals surface area contributed by atoms with Crippen molar-refractivity contribution in [1.82, 2.24) is 24.1 Å². The van der Waals surface area contributed by atoms with Gasteiger partial charge in [0.15, 0.2) is 17.5 Å². The molecule has 0 radical (unpaired) electrons. The largest absolute Gasteiger partial charge is 0.309 e. The maximum absolute atomic E-state index is 5.25. The van der Waals surface area contributed by atoms with Crippen LogP contribution in [0.1, 0.15) is 0 Å². The second-order valence-electron chi connectivity index (χ2n) is 14.4. The lowest BCUT2D eigenvalue weighted by Gasteiger charge is -2.13. The smallest absolute Gasteiger partial charge is 0.165 e. The number of rotatable bonds is 5. The summed E-state index contributed by atoms with van der Waals surface area (Å²) in [5.74, 6) is 1.94. The average Bonchev–Trinajstić information content (AvgIpc) is 3.93. The Morgan fingerprint density at radius 1 is 0.333 bits per heavy atom. The molecule has 6 heteroatoms. The predicted octanol–water partition coefficient (Wildman–Crippen LogP) is 13.4. The molecule has 4 heterocycles. The molecule has 0 aliphatic rings. The highest BCUT2D eigenvalue weighted by Gasteiger charge is 2.22. The lowest BCUT2D eigenvalue weighted by molar-refractivity contribution is 1.07. The number of fused-ring (bicyclic) bond motifs is 9. The van der Waals surface area contributed by atoms with Crippen molar-refractivity contribution in [3.63, 3.8) is 0 Å². The molecule has 0 saturated carbocycles. The first-order valence-electron chi connectivity index (χ1n) is 19.1. The fourth-order valence-electron chi connectivity index (χ4n) is 8.60. The van der Waals surface area contributed by atoms with E-state index in [1.165, 1.54) is 48.1 Å². The molecule has 5 nitrogen and oxygen atoms in total. The minimum atomic E-state index is 0.646. The molecule has 0 unspecified atom stereocenters. The number of nitrogens with zero attached hydrogens (tertiary/aromatic N) is 5. The molecule has 0 spiro atoms. The number of hydrogen-bond donors (Lipinski definition) is 0. The molecule has 266 valence electrons. The van der Waals surface area contributed by atoms with Crippen LogP contribution in [0, 0.1) is 0 Å². The molecule has 0 aliphatic carbocycles. The first-order valence-corrected chi connectivity index (χ1v) is 19.9. The van der Waals surface area contributed by atoms with Gasteiger partial charge in [-0.25, -0.2) is 15.0 Å². The zero-order valence-corrected chi connectivity index (χ0v) is 31.4. The maximum Gasteiger partial charge on any atom is 0.165 e. The summed E-state index contributed by atoms with van der Waals surface area (Å²) in [6.07, 6.45) is 0. The third kappa shape index (κ3) is 4.98. The highest BCUT2D eigenvalue weighted by molar-refractivity contribution is 7.26. The van der Waals surface area contributed by atoms with Crippen molar-refractivity contribution < 1.29 is 0 Å². The summed E-state index contributed by atoms with van der Waals surface area (Å²) in [5.41, 5.74) is 9.74. The van der Waals surface area contributed by atoms with Crippen molar-refractivity contribution in [3.05, 3.63) is 188 Å². The molecule has 0 N–H and O–H groups in total. The van der Waals surface area contributed by atoms with Gasteiger partial charge in [0.05, 0.1) is 22.1 Å². The lowest BCUT2D eigenvalue weighted by Crippen LogP contribution is -2.01. The van der Waals surface area contributed by atoms with E-state index in [2.05, 4.69) is 161 Å². The van der Waals surface area contributed by atoms with Crippen molar-refractivity contribution in [2.75, 3.05) is 0 Å². The van der Waals surface area contributed by atoms with Crippen molar-refractivity contribution in [3.8, 4) is 45.5 Å². The van der Waals surface area contributed by atoms with Gasteiger partial charge in [-0.15, -0.1) is 11.3 Å². The molecule has 0 fully saturated rings. The minimum absolute atomic E-state index is 0.646. The van der Waals surface area contributed by atoms with E-state index in [-0.39, 0.29) is 0 Å². The molecular weight excluding hydrogens is 715 g/mol. The van der Waals surface area contributed by atoms with Gasteiger partial charge in [0.2, 0.25) is 0 Å². The Bertz CT molecular complexity index is 3450. The molecular formula is C51H31N5S. The number of para-hydroxylation sites is 3. The molecule has 0 bridgehead atoms. The fourth-order valence-corrected chi connectivity index (χ4v) is 9.79. The van der Waals surface area contributed by atoms with E-state index in [4.69, 9.17) is 15.0 Å². The summed E-state index contributed by atoms with van der Waals surface area (Å²) >= 11 is 1.79. The third-order valence-electron chi connectivity index (χ3n) is 11.1. The molecule has 4 aromatic heterocycles. The van der Waals surface area contributed by atoms with Crippen LogP contribution >= 0.6 is 11.3 Å². The standard InChI is InChI=1S/C51H31N5S/c1-4-16-32(17-5-1)49-52-50(33-18-6-2-7-19-33)54-51(53-49)42-29-35(28-41-38-24-12-15-27-47(38)57-48(41)42)56-44-26-14-11-23-37(44)40-30-45-39(31-46(40)56)36-22-10-13-25-43(36)55(45)34-20-8-3-9-21-34/h1-31H. The number of aromatic nitrogens is 5. The number of benzene rings is 8. The highest BCUT2D eigenvalue weighted by Crippen LogP contribution is 2.44. The minimum Gasteiger partial charge on any atom is -0.309 e. The van der Waals surface area contributed by atoms with Gasteiger partial charge in [0, 0.05) is 69.8 Å². The van der Waals surface area contributed by atoms with E-state index >= 15 is 0 Å². The Hall–Kier alpha value is -7.41. The Balaban J connectivity index is 1.19. The van der Waals surface area contributed by atoms with Gasteiger partial charge < -0.3 is 9.13 Å². The second-order valence-corrected chi connectivity index (χ2v) is 15.5. The van der Waals surface area contributed by atoms with Crippen molar-refractivity contribution >= 4 is 75.1 Å². The van der Waals surface area contributed by atoms with Crippen molar-refractivity contribution in [2.24, 2.45) is 0 Å². The van der Waals surface area contributed by atoms with Gasteiger partial charge in [-0.3, -0.25) is 0 Å². The monoisotopic (exact) mass is 745 g/mol. The summed E-state index contributed by atoms with van der Waals surface area (Å²) in [5, 5.41) is 7.24. The first-order chi connectivity index (χ1) is 28.3. The van der Waals surface area contributed by atoms with Gasteiger partial charge in [-0.2, -0.15) is 0 Å². The van der Waals surface area contributed by atoms with Crippen LogP contribution in [0.4, 0.5) is 0 Å². The maximum atomic E-state index is 5.25. The lowest BCUT2D eigenvalue weighted by atomic mass is 10.1. The molecule has 12 rings (SSSR count). The zero-order valence-electron chi connectivity index (χ0n) is 30.5. The molecule has 0 atom stereocenters. The summed E-state index contributed by atoms with van der Waals surface area (Å²) < 4.78 is 7.21. The fraction of sp³-hybridized carbons (Fsp3) is 0. The van der Waals surface area contributed by atoms with Crippen LogP contribution in [0.3, 0.4) is 0 Å². The van der Waals surface area contributed by atoms with Crippen LogP contribution in [-0.2, 0) is 0 Å². The molecule has 57 heavy (non-hydrogen) atoms. The Morgan fingerprint density at radius 3 is 1.40 bits per heavy atom. The van der Waals surface area contributed by atoms with Crippen LogP contribution in [-0.4, -0.2) is 24.1 Å². The summed E-state index contributed by atoms with van der Waals surface area (Å²) in [6.45, 7) is 0. The molecule has 8 aromatic carbocycles. The molecule has 0 amide bonds. The number of hydrogen-bond acceptors (Lipinski definition) is 4. The van der Waals surface area contributed by atoms with E-state index in [1.807, 2.05) is 36.4 Å².